The molecule has 0 aliphatic carbocycles. The molecule has 0 saturated carbocycles. The molecule has 2 aromatic heterocycles. The third kappa shape index (κ3) is 1.87. The molecular formula is C14H16BrN5. The second-order valence-electron chi connectivity index (χ2n) is 4.85. The highest BCUT2D eigenvalue weighted by atomic mass is 79.9. The molecule has 1 aromatic carbocycles. The van der Waals surface area contributed by atoms with E-state index < -0.39 is 0 Å². The predicted molar refractivity (Wildman–Crippen MR) is 83.2 cm³/mol. The van der Waals surface area contributed by atoms with E-state index >= 15 is 0 Å². The Morgan fingerprint density at radius 2 is 1.95 bits per heavy atom. The Bertz CT molecular complexity index is 800. The van der Waals surface area contributed by atoms with Crippen molar-refractivity contribution >= 4 is 27.0 Å². The molecule has 3 aromatic rings. The fraction of sp³-hybridized carbons (Fsp3) is 0.286. The fourth-order valence-corrected chi connectivity index (χ4v) is 2.88. The van der Waals surface area contributed by atoms with Crippen LogP contribution >= 0.6 is 15.9 Å². The Hall–Kier alpha value is -1.66. The Morgan fingerprint density at radius 1 is 1.20 bits per heavy atom. The van der Waals surface area contributed by atoms with Crippen molar-refractivity contribution in [1.29, 1.82) is 0 Å². The van der Waals surface area contributed by atoms with E-state index in [9.17, 15) is 0 Å². The third-order valence-electron chi connectivity index (χ3n) is 3.68. The molecule has 0 radical (unpaired) electrons. The van der Waals surface area contributed by atoms with Crippen LogP contribution in [0.15, 0.2) is 22.8 Å². The molecule has 5 nitrogen and oxygen atoms in total. The van der Waals surface area contributed by atoms with Gasteiger partial charge in [-0.1, -0.05) is 6.07 Å². The maximum absolute atomic E-state index is 5.70. The van der Waals surface area contributed by atoms with Crippen LogP contribution in [0.3, 0.4) is 0 Å². The van der Waals surface area contributed by atoms with E-state index in [0.29, 0.717) is 6.54 Å². The molecule has 3 rings (SSSR count). The summed E-state index contributed by atoms with van der Waals surface area (Å²) in [4.78, 5) is 9.16. The molecule has 0 aliphatic rings. The normalized spacial score (nSPS) is 11.4. The number of nitrogens with zero attached hydrogens (tertiary/aromatic N) is 4. The molecule has 2 heterocycles. The van der Waals surface area contributed by atoms with Crippen LogP contribution in [0.1, 0.15) is 11.6 Å². The van der Waals surface area contributed by atoms with Crippen LogP contribution in [0.5, 0.6) is 0 Å². The highest BCUT2D eigenvalue weighted by Crippen LogP contribution is 2.30. The molecule has 0 fully saturated rings. The van der Waals surface area contributed by atoms with Gasteiger partial charge in [0.1, 0.15) is 21.9 Å². The molecule has 0 aliphatic heterocycles. The maximum atomic E-state index is 5.70. The number of hydrogen-bond acceptors (Lipinski definition) is 3. The summed E-state index contributed by atoms with van der Waals surface area (Å²) < 4.78 is 4.98. The van der Waals surface area contributed by atoms with E-state index in [2.05, 4.69) is 48.7 Å². The first kappa shape index (κ1) is 13.3. The molecule has 0 spiro atoms. The largest absolute Gasteiger partial charge is 0.331 e. The van der Waals surface area contributed by atoms with Crippen LogP contribution in [0, 0.1) is 6.92 Å². The number of rotatable bonds is 2. The Labute approximate surface area is 125 Å². The summed E-state index contributed by atoms with van der Waals surface area (Å²) in [5, 5.41) is 0. The van der Waals surface area contributed by atoms with Gasteiger partial charge in [-0.3, -0.25) is 0 Å². The van der Waals surface area contributed by atoms with E-state index in [1.54, 1.807) is 0 Å². The van der Waals surface area contributed by atoms with Crippen molar-refractivity contribution in [2.45, 2.75) is 13.5 Å². The summed E-state index contributed by atoms with van der Waals surface area (Å²) >= 11 is 3.58. The molecule has 6 heteroatoms. The van der Waals surface area contributed by atoms with E-state index in [4.69, 9.17) is 5.73 Å². The molecular weight excluding hydrogens is 318 g/mol. The van der Waals surface area contributed by atoms with Gasteiger partial charge < -0.3 is 14.9 Å². The van der Waals surface area contributed by atoms with Crippen LogP contribution in [0.4, 0.5) is 0 Å². The molecule has 0 amide bonds. The zero-order chi connectivity index (χ0) is 14.4. The first-order valence-corrected chi connectivity index (χ1v) is 7.17. The van der Waals surface area contributed by atoms with Crippen LogP contribution in [-0.4, -0.2) is 19.1 Å². The summed E-state index contributed by atoms with van der Waals surface area (Å²) in [6, 6.07) is 6.21. The number of benzene rings is 1. The van der Waals surface area contributed by atoms with Crippen molar-refractivity contribution < 1.29 is 0 Å². The fourth-order valence-electron chi connectivity index (χ4n) is 2.36. The van der Waals surface area contributed by atoms with Crippen LogP contribution < -0.4 is 5.73 Å². The summed E-state index contributed by atoms with van der Waals surface area (Å²) in [6.45, 7) is 2.42. The number of imidazole rings is 2. The third-order valence-corrected chi connectivity index (χ3v) is 4.59. The monoisotopic (exact) mass is 333 g/mol. The van der Waals surface area contributed by atoms with Crippen LogP contribution in [0.25, 0.3) is 22.3 Å². The zero-order valence-electron chi connectivity index (χ0n) is 11.7. The van der Waals surface area contributed by atoms with Gasteiger partial charge in [0.05, 0.1) is 17.6 Å². The van der Waals surface area contributed by atoms with Gasteiger partial charge in [0.25, 0.3) is 0 Å². The molecule has 104 valence electrons. The Kier molecular flexibility index (Phi) is 3.14. The SMILES string of the molecule is Cc1nc2cc(-c3nc(CN)n(C)c3Br)ccc2n1C. The second kappa shape index (κ2) is 4.71. The lowest BCUT2D eigenvalue weighted by molar-refractivity contribution is 0.781. The Balaban J connectivity index is 2.20. The minimum absolute atomic E-state index is 0.417. The van der Waals surface area contributed by atoms with Crippen molar-refractivity contribution in [3.8, 4) is 11.3 Å². The minimum atomic E-state index is 0.417. The molecule has 0 bridgehead atoms. The Morgan fingerprint density at radius 3 is 2.60 bits per heavy atom. The summed E-state index contributed by atoms with van der Waals surface area (Å²) in [5.41, 5.74) is 9.75. The summed E-state index contributed by atoms with van der Waals surface area (Å²) in [5.74, 6) is 1.85. The molecule has 20 heavy (non-hydrogen) atoms. The van der Waals surface area contributed by atoms with E-state index in [1.165, 1.54) is 0 Å². The second-order valence-corrected chi connectivity index (χ2v) is 5.60. The highest BCUT2D eigenvalue weighted by Gasteiger charge is 2.14. The molecule has 2 N–H and O–H groups in total. The lowest BCUT2D eigenvalue weighted by Crippen LogP contribution is -2.04. The smallest absolute Gasteiger partial charge is 0.123 e. The first-order chi connectivity index (χ1) is 9.52. The van der Waals surface area contributed by atoms with Gasteiger partial charge in [-0.15, -0.1) is 0 Å². The van der Waals surface area contributed by atoms with Gasteiger partial charge >= 0.3 is 0 Å². The predicted octanol–water partition coefficient (Wildman–Crippen LogP) is 2.50. The lowest BCUT2D eigenvalue weighted by atomic mass is 10.1. The minimum Gasteiger partial charge on any atom is -0.331 e. The van der Waals surface area contributed by atoms with Gasteiger partial charge in [0.2, 0.25) is 0 Å². The molecule has 0 unspecified atom stereocenters. The van der Waals surface area contributed by atoms with E-state index in [0.717, 1.165) is 38.5 Å². The number of aromatic nitrogens is 4. The number of halogens is 1. The topological polar surface area (TPSA) is 61.7 Å². The maximum Gasteiger partial charge on any atom is 0.123 e. The van der Waals surface area contributed by atoms with Crippen LogP contribution in [-0.2, 0) is 20.6 Å². The quantitative estimate of drug-likeness (QED) is 0.783. The number of aryl methyl sites for hydroxylation is 2. The standard InChI is InChI=1S/C14H16BrN5/c1-8-17-10-6-9(4-5-11(10)19(8)2)13-14(15)20(3)12(7-16)18-13/h4-6H,7,16H2,1-3H3. The van der Waals surface area contributed by atoms with Crippen molar-refractivity contribution in [3.63, 3.8) is 0 Å². The lowest BCUT2D eigenvalue weighted by Gasteiger charge is -2.00. The number of nitrogens with two attached hydrogens (primary N) is 1. The number of hydrogen-bond donors (Lipinski definition) is 1. The van der Waals surface area contributed by atoms with Crippen molar-refractivity contribution in [2.75, 3.05) is 0 Å². The summed E-state index contributed by atoms with van der Waals surface area (Å²) in [6.07, 6.45) is 0. The zero-order valence-corrected chi connectivity index (χ0v) is 13.3. The van der Waals surface area contributed by atoms with E-state index in [-0.39, 0.29) is 0 Å². The van der Waals surface area contributed by atoms with Gasteiger partial charge in [-0.05, 0) is 35.0 Å². The van der Waals surface area contributed by atoms with Gasteiger partial charge in [0, 0.05) is 19.7 Å². The van der Waals surface area contributed by atoms with Crippen molar-refractivity contribution in [2.24, 2.45) is 19.8 Å². The average Bonchev–Trinajstić information content (AvgIpc) is 2.89. The molecule has 0 saturated heterocycles. The average molecular weight is 334 g/mol. The molecule has 0 atom stereocenters. The first-order valence-electron chi connectivity index (χ1n) is 6.37. The highest BCUT2D eigenvalue weighted by molar-refractivity contribution is 9.10. The number of fused-ring (bicyclic) bond motifs is 1. The van der Waals surface area contributed by atoms with Gasteiger partial charge in [0.15, 0.2) is 0 Å². The summed E-state index contributed by atoms with van der Waals surface area (Å²) in [7, 11) is 3.97. The van der Waals surface area contributed by atoms with Crippen LogP contribution in [0.2, 0.25) is 0 Å². The van der Waals surface area contributed by atoms with Gasteiger partial charge in [-0.2, -0.15) is 0 Å². The van der Waals surface area contributed by atoms with Crippen molar-refractivity contribution in [3.05, 3.63) is 34.5 Å². The van der Waals surface area contributed by atoms with Crippen molar-refractivity contribution in [1.82, 2.24) is 19.1 Å². The van der Waals surface area contributed by atoms with Gasteiger partial charge in [-0.25, -0.2) is 9.97 Å². The van der Waals surface area contributed by atoms with E-state index in [1.807, 2.05) is 25.6 Å².